The van der Waals surface area contributed by atoms with Crippen molar-refractivity contribution >= 4 is 5.91 Å². The quantitative estimate of drug-likeness (QED) is 0.699. The van der Waals surface area contributed by atoms with E-state index in [1.807, 2.05) is 0 Å². The van der Waals surface area contributed by atoms with Gasteiger partial charge in [0.1, 0.15) is 0 Å². The van der Waals surface area contributed by atoms with Crippen molar-refractivity contribution in [3.63, 3.8) is 0 Å². The number of carbonyl (C=O) groups excluding carboxylic acids is 1. The fraction of sp³-hybridized carbons (Fsp3) is 0.923. The first-order valence-corrected chi connectivity index (χ1v) is 6.34. The number of aliphatic hydroxyl groups is 1. The number of hydrogen-bond acceptors (Lipinski definition) is 2. The number of rotatable bonds is 7. The van der Waals surface area contributed by atoms with Crippen molar-refractivity contribution < 1.29 is 9.90 Å². The number of aliphatic hydroxyl groups excluding tert-OH is 1. The van der Waals surface area contributed by atoms with Crippen LogP contribution in [-0.4, -0.2) is 23.7 Å². The van der Waals surface area contributed by atoms with E-state index in [9.17, 15) is 9.90 Å². The third-order valence-electron chi connectivity index (χ3n) is 3.09. The van der Waals surface area contributed by atoms with Crippen LogP contribution in [0.1, 0.15) is 52.9 Å². The summed E-state index contributed by atoms with van der Waals surface area (Å²) in [5.41, 5.74) is -0.0244. The zero-order valence-corrected chi connectivity index (χ0v) is 10.8. The Morgan fingerprint density at radius 2 is 2.12 bits per heavy atom. The summed E-state index contributed by atoms with van der Waals surface area (Å²) in [6.45, 7) is 6.58. The van der Waals surface area contributed by atoms with E-state index < -0.39 is 0 Å². The Bertz CT molecular complexity index is 232. The van der Waals surface area contributed by atoms with E-state index in [0.29, 0.717) is 13.0 Å². The minimum atomic E-state index is -0.307. The van der Waals surface area contributed by atoms with Crippen LogP contribution >= 0.6 is 0 Å². The van der Waals surface area contributed by atoms with Gasteiger partial charge >= 0.3 is 0 Å². The number of carbonyl (C=O) groups is 1. The SMILES string of the molecule is CC(O)CC(C)(C)CNC(=O)CCC1CC1. The Hall–Kier alpha value is -0.570. The van der Waals surface area contributed by atoms with Crippen molar-refractivity contribution in [3.8, 4) is 0 Å². The maximum absolute atomic E-state index is 11.5. The van der Waals surface area contributed by atoms with Gasteiger partial charge < -0.3 is 10.4 Å². The second-order valence-corrected chi connectivity index (χ2v) is 5.98. The highest BCUT2D eigenvalue weighted by Crippen LogP contribution is 2.33. The van der Waals surface area contributed by atoms with Gasteiger partial charge in [-0.2, -0.15) is 0 Å². The van der Waals surface area contributed by atoms with E-state index in [-0.39, 0.29) is 17.4 Å². The molecule has 0 saturated heterocycles. The minimum absolute atomic E-state index is 0.0244. The molecule has 3 nitrogen and oxygen atoms in total. The lowest BCUT2D eigenvalue weighted by atomic mass is 9.87. The normalized spacial score (nSPS) is 18.2. The van der Waals surface area contributed by atoms with E-state index in [1.54, 1.807) is 6.92 Å². The molecule has 0 bridgehead atoms. The molecule has 1 aliphatic carbocycles. The van der Waals surface area contributed by atoms with E-state index in [2.05, 4.69) is 19.2 Å². The monoisotopic (exact) mass is 227 g/mol. The fourth-order valence-electron chi connectivity index (χ4n) is 2.04. The Labute approximate surface area is 98.6 Å². The van der Waals surface area contributed by atoms with Gasteiger partial charge in [0.05, 0.1) is 6.10 Å². The van der Waals surface area contributed by atoms with Gasteiger partial charge in [-0.15, -0.1) is 0 Å². The maximum Gasteiger partial charge on any atom is 0.220 e. The topological polar surface area (TPSA) is 49.3 Å². The van der Waals surface area contributed by atoms with Crippen LogP contribution in [-0.2, 0) is 4.79 Å². The van der Waals surface area contributed by atoms with Crippen LogP contribution in [0.3, 0.4) is 0 Å². The predicted octanol–water partition coefficient (Wildman–Crippen LogP) is 2.09. The molecule has 2 N–H and O–H groups in total. The van der Waals surface area contributed by atoms with Crippen molar-refractivity contribution in [3.05, 3.63) is 0 Å². The Morgan fingerprint density at radius 1 is 1.50 bits per heavy atom. The standard InChI is InChI=1S/C13H25NO2/c1-10(15)8-13(2,3)9-14-12(16)7-6-11-4-5-11/h10-11,15H,4-9H2,1-3H3,(H,14,16). The van der Waals surface area contributed by atoms with Gasteiger partial charge in [-0.3, -0.25) is 4.79 Å². The van der Waals surface area contributed by atoms with Crippen molar-refractivity contribution in [1.29, 1.82) is 0 Å². The van der Waals surface area contributed by atoms with Crippen molar-refractivity contribution in [2.75, 3.05) is 6.54 Å². The molecule has 0 spiro atoms. The molecule has 1 aliphatic rings. The molecule has 1 rings (SSSR count). The molecule has 0 aromatic carbocycles. The highest BCUT2D eigenvalue weighted by atomic mass is 16.3. The maximum atomic E-state index is 11.5. The first kappa shape index (κ1) is 13.5. The smallest absolute Gasteiger partial charge is 0.220 e. The second kappa shape index (κ2) is 5.67. The van der Waals surface area contributed by atoms with Crippen molar-refractivity contribution in [2.45, 2.75) is 59.0 Å². The van der Waals surface area contributed by atoms with Crippen LogP contribution in [0, 0.1) is 11.3 Å². The Balaban J connectivity index is 2.13. The minimum Gasteiger partial charge on any atom is -0.393 e. The van der Waals surface area contributed by atoms with Crippen LogP contribution in [0.4, 0.5) is 0 Å². The first-order valence-electron chi connectivity index (χ1n) is 6.34. The molecule has 1 amide bonds. The molecule has 16 heavy (non-hydrogen) atoms. The Kier molecular flexibility index (Phi) is 4.78. The first-order chi connectivity index (χ1) is 7.39. The van der Waals surface area contributed by atoms with Gasteiger partial charge in [-0.05, 0) is 31.1 Å². The zero-order chi connectivity index (χ0) is 12.2. The van der Waals surface area contributed by atoms with E-state index in [4.69, 9.17) is 0 Å². The van der Waals surface area contributed by atoms with E-state index in [1.165, 1.54) is 12.8 Å². The summed E-state index contributed by atoms with van der Waals surface area (Å²) in [5.74, 6) is 0.974. The summed E-state index contributed by atoms with van der Waals surface area (Å²) in [6, 6.07) is 0. The summed E-state index contributed by atoms with van der Waals surface area (Å²) in [5, 5.41) is 12.3. The van der Waals surface area contributed by atoms with E-state index in [0.717, 1.165) is 18.8 Å². The van der Waals surface area contributed by atoms with Gasteiger partial charge in [0.2, 0.25) is 5.91 Å². The van der Waals surface area contributed by atoms with Crippen LogP contribution in [0.2, 0.25) is 0 Å². The third-order valence-corrected chi connectivity index (χ3v) is 3.09. The lowest BCUT2D eigenvalue weighted by Crippen LogP contribution is -2.35. The molecule has 0 radical (unpaired) electrons. The van der Waals surface area contributed by atoms with Crippen LogP contribution in [0.5, 0.6) is 0 Å². The molecule has 0 aliphatic heterocycles. The fourth-order valence-corrected chi connectivity index (χ4v) is 2.04. The van der Waals surface area contributed by atoms with Gasteiger partial charge in [-0.25, -0.2) is 0 Å². The summed E-state index contributed by atoms with van der Waals surface area (Å²) >= 11 is 0. The number of hydrogen-bond donors (Lipinski definition) is 2. The van der Waals surface area contributed by atoms with Crippen molar-refractivity contribution in [2.24, 2.45) is 11.3 Å². The summed E-state index contributed by atoms with van der Waals surface area (Å²) in [4.78, 5) is 11.5. The van der Waals surface area contributed by atoms with Gasteiger partial charge in [0.15, 0.2) is 0 Å². The van der Waals surface area contributed by atoms with Crippen LogP contribution in [0.25, 0.3) is 0 Å². The Morgan fingerprint density at radius 3 is 2.62 bits per heavy atom. The van der Waals surface area contributed by atoms with Gasteiger partial charge in [0.25, 0.3) is 0 Å². The average molecular weight is 227 g/mol. The molecule has 1 atom stereocenters. The number of amides is 1. The molecule has 0 heterocycles. The predicted molar refractivity (Wildman–Crippen MR) is 65.0 cm³/mol. The zero-order valence-electron chi connectivity index (χ0n) is 10.8. The molecule has 3 heteroatoms. The van der Waals surface area contributed by atoms with Gasteiger partial charge in [0, 0.05) is 13.0 Å². The molecule has 1 saturated carbocycles. The van der Waals surface area contributed by atoms with Crippen LogP contribution < -0.4 is 5.32 Å². The molecule has 1 unspecified atom stereocenters. The summed E-state index contributed by atoms with van der Waals surface area (Å²) in [6.07, 6.45) is 4.73. The lowest BCUT2D eigenvalue weighted by Gasteiger charge is -2.26. The lowest BCUT2D eigenvalue weighted by molar-refractivity contribution is -0.121. The molecular formula is C13H25NO2. The highest BCUT2D eigenvalue weighted by molar-refractivity contribution is 5.75. The second-order valence-electron chi connectivity index (χ2n) is 5.98. The molecule has 1 fully saturated rings. The highest BCUT2D eigenvalue weighted by Gasteiger charge is 2.23. The summed E-state index contributed by atoms with van der Waals surface area (Å²) < 4.78 is 0. The largest absolute Gasteiger partial charge is 0.393 e. The molecule has 94 valence electrons. The number of nitrogens with one attached hydrogen (secondary N) is 1. The third kappa shape index (κ3) is 6.11. The molecule has 0 aromatic rings. The van der Waals surface area contributed by atoms with Crippen LogP contribution in [0.15, 0.2) is 0 Å². The van der Waals surface area contributed by atoms with E-state index >= 15 is 0 Å². The molecular weight excluding hydrogens is 202 g/mol. The molecule has 0 aromatic heterocycles. The summed E-state index contributed by atoms with van der Waals surface area (Å²) in [7, 11) is 0. The average Bonchev–Trinajstić information content (AvgIpc) is 2.93. The van der Waals surface area contributed by atoms with Gasteiger partial charge in [-0.1, -0.05) is 26.7 Å². The van der Waals surface area contributed by atoms with Crippen molar-refractivity contribution in [1.82, 2.24) is 5.32 Å².